The molecule has 0 unspecified atom stereocenters. The van der Waals surface area contributed by atoms with Crippen molar-refractivity contribution < 1.29 is 9.53 Å². The van der Waals surface area contributed by atoms with Gasteiger partial charge in [-0.05, 0) is 33.6 Å². The minimum atomic E-state index is -0.480. The van der Waals surface area contributed by atoms with E-state index < -0.39 is 5.60 Å². The van der Waals surface area contributed by atoms with E-state index in [1.54, 1.807) is 0 Å². The first-order valence-electron chi connectivity index (χ1n) is 7.47. The zero-order valence-corrected chi connectivity index (χ0v) is 13.5. The van der Waals surface area contributed by atoms with E-state index in [9.17, 15) is 4.79 Å². The van der Waals surface area contributed by atoms with Gasteiger partial charge in [0.05, 0.1) is 6.04 Å². The van der Waals surface area contributed by atoms with E-state index in [1.807, 2.05) is 32.9 Å². The molecule has 4 heteroatoms. The predicted octanol–water partition coefficient (Wildman–Crippen LogP) is 3.27. The number of alkyl carbamates (subject to hydrolysis) is 1. The Morgan fingerprint density at radius 3 is 2.38 bits per heavy atom. The van der Waals surface area contributed by atoms with Crippen LogP contribution in [-0.2, 0) is 4.74 Å². The van der Waals surface area contributed by atoms with Crippen molar-refractivity contribution in [1.82, 2.24) is 10.2 Å². The maximum atomic E-state index is 12.0. The van der Waals surface area contributed by atoms with Gasteiger partial charge < -0.3 is 10.1 Å². The molecule has 0 aromatic heterocycles. The summed E-state index contributed by atoms with van der Waals surface area (Å²) >= 11 is 0. The van der Waals surface area contributed by atoms with Crippen molar-refractivity contribution >= 4 is 6.09 Å². The summed E-state index contributed by atoms with van der Waals surface area (Å²) < 4.78 is 5.36. The van der Waals surface area contributed by atoms with Gasteiger partial charge in [0.2, 0.25) is 0 Å². The van der Waals surface area contributed by atoms with E-state index in [4.69, 9.17) is 4.74 Å². The third-order valence-corrected chi connectivity index (χ3v) is 3.30. The zero-order chi connectivity index (χ0) is 15.9. The smallest absolute Gasteiger partial charge is 0.407 e. The third kappa shape index (κ3) is 6.17. The molecule has 1 N–H and O–H groups in total. The van der Waals surface area contributed by atoms with Gasteiger partial charge in [-0.25, -0.2) is 4.79 Å². The van der Waals surface area contributed by atoms with E-state index in [0.29, 0.717) is 0 Å². The number of ether oxygens (including phenoxy) is 1. The summed E-state index contributed by atoms with van der Waals surface area (Å²) in [6.07, 6.45) is 9.40. The number of amides is 1. The van der Waals surface area contributed by atoms with Crippen LogP contribution in [-0.4, -0.2) is 41.8 Å². The summed E-state index contributed by atoms with van der Waals surface area (Å²) in [6.45, 7) is 14.8. The van der Waals surface area contributed by atoms with E-state index in [0.717, 1.165) is 25.9 Å². The van der Waals surface area contributed by atoms with Gasteiger partial charge in [0.15, 0.2) is 0 Å². The highest BCUT2D eigenvalue weighted by molar-refractivity contribution is 5.68. The van der Waals surface area contributed by atoms with Crippen molar-refractivity contribution in [1.29, 1.82) is 0 Å². The molecule has 4 nitrogen and oxygen atoms in total. The topological polar surface area (TPSA) is 41.6 Å². The van der Waals surface area contributed by atoms with Crippen molar-refractivity contribution in [3.63, 3.8) is 0 Å². The van der Waals surface area contributed by atoms with Crippen LogP contribution < -0.4 is 5.32 Å². The van der Waals surface area contributed by atoms with E-state index in [1.165, 1.54) is 0 Å². The summed E-state index contributed by atoms with van der Waals surface area (Å²) in [5.41, 5.74) is -0.480. The summed E-state index contributed by atoms with van der Waals surface area (Å²) in [5, 5.41) is 3.00. The summed E-state index contributed by atoms with van der Waals surface area (Å²) in [4.78, 5) is 14.3. The van der Waals surface area contributed by atoms with Crippen LogP contribution in [0.5, 0.6) is 0 Å². The molecule has 0 saturated carbocycles. The van der Waals surface area contributed by atoms with Gasteiger partial charge in [0, 0.05) is 19.1 Å². The van der Waals surface area contributed by atoms with E-state index in [-0.39, 0.29) is 18.2 Å². The lowest BCUT2D eigenvalue weighted by atomic mass is 9.94. The lowest BCUT2D eigenvalue weighted by Crippen LogP contribution is -2.53. The Morgan fingerprint density at radius 1 is 1.29 bits per heavy atom. The molecule has 0 saturated heterocycles. The second-order valence-electron chi connectivity index (χ2n) is 6.29. The second kappa shape index (κ2) is 8.03. The average Bonchev–Trinajstić information content (AvgIpc) is 2.37. The first-order valence-corrected chi connectivity index (χ1v) is 7.47. The number of hydrogen-bond donors (Lipinski definition) is 1. The van der Waals surface area contributed by atoms with E-state index >= 15 is 0 Å². The van der Waals surface area contributed by atoms with Crippen LogP contribution in [0.15, 0.2) is 37.5 Å². The Hall–Kier alpha value is -1.55. The molecule has 21 heavy (non-hydrogen) atoms. The maximum absolute atomic E-state index is 12.0. The number of carbonyl (C=O) groups excluding carboxylic acids is 1. The first-order chi connectivity index (χ1) is 9.87. The molecule has 2 atom stereocenters. The highest BCUT2D eigenvalue weighted by Crippen LogP contribution is 2.19. The van der Waals surface area contributed by atoms with Crippen LogP contribution in [0, 0.1) is 0 Å². The molecule has 1 amide bonds. The Morgan fingerprint density at radius 2 is 1.86 bits per heavy atom. The highest BCUT2D eigenvalue weighted by atomic mass is 16.6. The van der Waals surface area contributed by atoms with Gasteiger partial charge in [-0.1, -0.05) is 24.3 Å². The Labute approximate surface area is 128 Å². The molecular formula is C17H28N2O2. The van der Waals surface area contributed by atoms with Crippen LogP contribution in [0.1, 0.15) is 33.6 Å². The number of nitrogens with one attached hydrogen (secondary N) is 1. The van der Waals surface area contributed by atoms with Crippen molar-refractivity contribution in [2.24, 2.45) is 0 Å². The molecule has 1 aliphatic carbocycles. The largest absolute Gasteiger partial charge is 0.444 e. The van der Waals surface area contributed by atoms with Crippen molar-refractivity contribution in [3.05, 3.63) is 37.5 Å². The molecule has 0 spiro atoms. The molecule has 1 aliphatic rings. The van der Waals surface area contributed by atoms with Crippen molar-refractivity contribution in [3.8, 4) is 0 Å². The number of carbonyl (C=O) groups is 1. The molecular weight excluding hydrogens is 264 g/mol. The van der Waals surface area contributed by atoms with Gasteiger partial charge in [-0.3, -0.25) is 4.90 Å². The molecule has 0 fully saturated rings. The van der Waals surface area contributed by atoms with Gasteiger partial charge in [0.1, 0.15) is 5.60 Å². The van der Waals surface area contributed by atoms with Crippen LogP contribution >= 0.6 is 0 Å². The summed E-state index contributed by atoms with van der Waals surface area (Å²) in [5.74, 6) is 0. The molecule has 0 bridgehead atoms. The number of nitrogens with zero attached hydrogens (tertiary/aromatic N) is 1. The van der Waals surface area contributed by atoms with Gasteiger partial charge in [0.25, 0.3) is 0 Å². The number of hydrogen-bond acceptors (Lipinski definition) is 3. The second-order valence-corrected chi connectivity index (χ2v) is 6.29. The Balaban J connectivity index is 2.72. The first kappa shape index (κ1) is 17.5. The fourth-order valence-electron chi connectivity index (χ4n) is 2.49. The normalized spacial score (nSPS) is 21.9. The molecule has 1 rings (SSSR count). The fourth-order valence-corrected chi connectivity index (χ4v) is 2.49. The third-order valence-electron chi connectivity index (χ3n) is 3.30. The predicted molar refractivity (Wildman–Crippen MR) is 87.3 cm³/mol. The zero-order valence-electron chi connectivity index (χ0n) is 13.5. The van der Waals surface area contributed by atoms with Crippen molar-refractivity contribution in [2.75, 3.05) is 13.1 Å². The SMILES string of the molecule is C=CCN(CC=C)[C@H]1CC=CC[C@@H]1NC(=O)OC(C)(C)C. The standard InChI is InChI=1S/C17H28N2O2/c1-6-12-19(13-7-2)15-11-9-8-10-14(15)18-16(20)21-17(3,4)5/h6-9,14-15H,1-2,10-13H2,3-5H3,(H,18,20)/t14-,15-/m0/s1. The highest BCUT2D eigenvalue weighted by Gasteiger charge is 2.29. The minimum absolute atomic E-state index is 0.0461. The Bertz CT molecular complexity index is 386. The van der Waals surface area contributed by atoms with Crippen LogP contribution in [0.4, 0.5) is 4.79 Å². The van der Waals surface area contributed by atoms with Gasteiger partial charge >= 0.3 is 6.09 Å². The molecule has 0 aromatic rings. The lowest BCUT2D eigenvalue weighted by molar-refractivity contribution is 0.0465. The quantitative estimate of drug-likeness (QED) is 0.764. The van der Waals surface area contributed by atoms with Crippen LogP contribution in [0.25, 0.3) is 0 Å². The fraction of sp³-hybridized carbons (Fsp3) is 0.588. The van der Waals surface area contributed by atoms with Crippen LogP contribution in [0.3, 0.4) is 0 Å². The van der Waals surface area contributed by atoms with Gasteiger partial charge in [-0.2, -0.15) is 0 Å². The average molecular weight is 292 g/mol. The maximum Gasteiger partial charge on any atom is 0.407 e. The summed E-state index contributed by atoms with van der Waals surface area (Å²) in [7, 11) is 0. The number of rotatable bonds is 6. The van der Waals surface area contributed by atoms with E-state index in [2.05, 4.69) is 35.5 Å². The molecule has 0 radical (unpaired) electrons. The Kier molecular flexibility index (Phi) is 6.69. The minimum Gasteiger partial charge on any atom is -0.444 e. The monoisotopic (exact) mass is 292 g/mol. The molecule has 0 aliphatic heterocycles. The molecule has 0 aromatic carbocycles. The molecule has 118 valence electrons. The van der Waals surface area contributed by atoms with Crippen LogP contribution in [0.2, 0.25) is 0 Å². The summed E-state index contributed by atoms with van der Waals surface area (Å²) in [6, 6.07) is 0.281. The van der Waals surface area contributed by atoms with Gasteiger partial charge in [-0.15, -0.1) is 13.2 Å². The van der Waals surface area contributed by atoms with Crippen molar-refractivity contribution in [2.45, 2.75) is 51.3 Å². The lowest BCUT2D eigenvalue weighted by Gasteiger charge is -2.37. The molecule has 0 heterocycles.